The highest BCUT2D eigenvalue weighted by molar-refractivity contribution is 5.34. The second-order valence-electron chi connectivity index (χ2n) is 7.07. The molecule has 0 saturated heterocycles. The molecule has 0 aliphatic carbocycles. The molecule has 1 aromatic rings. The van der Waals surface area contributed by atoms with Crippen molar-refractivity contribution in [3.8, 4) is 0 Å². The number of benzene rings is 1. The minimum absolute atomic E-state index is 0.221. The van der Waals surface area contributed by atoms with Gasteiger partial charge < -0.3 is 0 Å². The van der Waals surface area contributed by atoms with Gasteiger partial charge in [-0.3, -0.25) is 0 Å². The molecule has 0 aliphatic rings. The summed E-state index contributed by atoms with van der Waals surface area (Å²) < 4.78 is 0. The Bertz CT molecular complexity index is 515. The van der Waals surface area contributed by atoms with Crippen LogP contribution in [0.25, 0.3) is 0 Å². The van der Waals surface area contributed by atoms with Gasteiger partial charge in [0.25, 0.3) is 0 Å². The van der Waals surface area contributed by atoms with Gasteiger partial charge >= 0.3 is 0 Å². The van der Waals surface area contributed by atoms with Crippen molar-refractivity contribution in [3.63, 3.8) is 0 Å². The van der Waals surface area contributed by atoms with Crippen LogP contribution >= 0.6 is 0 Å². The Labute approximate surface area is 171 Å². The van der Waals surface area contributed by atoms with Gasteiger partial charge in [0.05, 0.1) is 13.1 Å². The van der Waals surface area contributed by atoms with Gasteiger partial charge in [0.2, 0.25) is 12.2 Å². The van der Waals surface area contributed by atoms with E-state index < -0.39 is 0 Å². The van der Waals surface area contributed by atoms with Gasteiger partial charge in [-0.05, 0) is 18.4 Å². The monoisotopic (exact) mass is 386 g/mol. The maximum Gasteiger partial charge on any atom is 0.235 e. The molecule has 0 heterocycles. The minimum atomic E-state index is 0.221. The molecular weight excluding hydrogens is 348 g/mol. The summed E-state index contributed by atoms with van der Waals surface area (Å²) in [5, 5.41) is 0. The van der Waals surface area contributed by atoms with Crippen LogP contribution in [0.3, 0.4) is 0 Å². The van der Waals surface area contributed by atoms with Gasteiger partial charge in [0, 0.05) is 0 Å². The van der Waals surface area contributed by atoms with Gasteiger partial charge in [-0.1, -0.05) is 108 Å². The van der Waals surface area contributed by atoms with E-state index in [1.54, 1.807) is 0 Å². The molecule has 28 heavy (non-hydrogen) atoms. The topological polar surface area (TPSA) is 58.9 Å². The predicted molar refractivity (Wildman–Crippen MR) is 117 cm³/mol. The molecule has 0 amide bonds. The maximum absolute atomic E-state index is 9.34. The summed E-state index contributed by atoms with van der Waals surface area (Å²) in [5.41, 5.74) is 1.50. The van der Waals surface area contributed by atoms with Crippen molar-refractivity contribution >= 4 is 12.2 Å². The smallest absolute Gasteiger partial charge is 0.211 e. The second kappa shape index (κ2) is 23.0. The van der Waals surface area contributed by atoms with E-state index in [2.05, 4.69) is 47.2 Å². The lowest BCUT2D eigenvalue weighted by Crippen LogP contribution is -1.86. The molecule has 0 radical (unpaired) electrons. The fourth-order valence-electron chi connectivity index (χ4n) is 3.01. The van der Waals surface area contributed by atoms with Gasteiger partial charge in [0.15, 0.2) is 0 Å². The van der Waals surface area contributed by atoms with Crippen molar-refractivity contribution < 1.29 is 9.59 Å². The number of rotatable bonds is 16. The first-order chi connectivity index (χ1) is 13.8. The lowest BCUT2D eigenvalue weighted by atomic mass is 10.0. The fourth-order valence-corrected chi connectivity index (χ4v) is 3.01. The molecule has 4 heteroatoms. The summed E-state index contributed by atoms with van der Waals surface area (Å²) >= 11 is 0. The van der Waals surface area contributed by atoms with Crippen LogP contribution in [0.15, 0.2) is 40.3 Å². The molecule has 4 nitrogen and oxygen atoms in total. The molecular formula is C24H38N2O2. The van der Waals surface area contributed by atoms with Crippen LogP contribution in [-0.2, 0) is 16.0 Å². The molecule has 0 aromatic heterocycles. The summed E-state index contributed by atoms with van der Waals surface area (Å²) in [5.74, 6) is 0. The SMILES string of the molecule is CCCCCCCCCCCCCCc1ccccc1.O=C=NCCN=C=O. The van der Waals surface area contributed by atoms with E-state index in [1.807, 2.05) is 0 Å². The number of isocyanates is 2. The zero-order valence-electron chi connectivity index (χ0n) is 17.7. The minimum Gasteiger partial charge on any atom is -0.211 e. The summed E-state index contributed by atoms with van der Waals surface area (Å²) in [7, 11) is 0. The second-order valence-corrected chi connectivity index (χ2v) is 7.07. The van der Waals surface area contributed by atoms with Crippen molar-refractivity contribution in [2.24, 2.45) is 9.98 Å². The average Bonchev–Trinajstić information content (AvgIpc) is 2.73. The van der Waals surface area contributed by atoms with Crippen molar-refractivity contribution in [1.82, 2.24) is 0 Å². The average molecular weight is 387 g/mol. The first-order valence-electron chi connectivity index (χ1n) is 11.0. The Balaban J connectivity index is 0.000000769. The number of nitrogens with zero attached hydrogens (tertiary/aromatic N) is 2. The van der Waals surface area contributed by atoms with E-state index in [0.29, 0.717) is 0 Å². The lowest BCUT2D eigenvalue weighted by Gasteiger charge is -2.03. The number of hydrogen-bond acceptors (Lipinski definition) is 4. The number of aliphatic imine (C=N–C) groups is 2. The van der Waals surface area contributed by atoms with Crippen LogP contribution in [0, 0.1) is 0 Å². The van der Waals surface area contributed by atoms with Crippen molar-refractivity contribution in [2.45, 2.75) is 90.4 Å². The molecule has 0 atom stereocenters. The molecule has 0 unspecified atom stereocenters. The van der Waals surface area contributed by atoms with E-state index in [4.69, 9.17) is 0 Å². The number of hydrogen-bond donors (Lipinski definition) is 0. The van der Waals surface area contributed by atoms with E-state index in [1.165, 1.54) is 101 Å². The Morgan fingerprint density at radius 1 is 0.643 bits per heavy atom. The highest BCUT2D eigenvalue weighted by atomic mass is 16.1. The molecule has 0 aliphatic heterocycles. The van der Waals surface area contributed by atoms with Crippen LogP contribution in [0.1, 0.15) is 89.5 Å². The summed E-state index contributed by atoms with van der Waals surface area (Å²) in [6.45, 7) is 2.73. The third-order valence-electron chi connectivity index (χ3n) is 4.61. The van der Waals surface area contributed by atoms with Gasteiger partial charge in [-0.15, -0.1) is 0 Å². The quantitative estimate of drug-likeness (QED) is 0.183. The Hall–Kier alpha value is -2.02. The molecule has 0 saturated carbocycles. The zero-order valence-corrected chi connectivity index (χ0v) is 17.7. The highest BCUT2D eigenvalue weighted by Gasteiger charge is 1.94. The summed E-state index contributed by atoms with van der Waals surface area (Å²) in [6, 6.07) is 10.9. The fraction of sp³-hybridized carbons (Fsp3) is 0.667. The Kier molecular flexibility index (Phi) is 21.4. The van der Waals surface area contributed by atoms with Crippen LogP contribution in [0.5, 0.6) is 0 Å². The van der Waals surface area contributed by atoms with Crippen LogP contribution in [-0.4, -0.2) is 25.2 Å². The lowest BCUT2D eigenvalue weighted by molar-refractivity contribution is 0.544. The van der Waals surface area contributed by atoms with Crippen LogP contribution in [0.2, 0.25) is 0 Å². The van der Waals surface area contributed by atoms with Crippen molar-refractivity contribution in [3.05, 3.63) is 35.9 Å². The van der Waals surface area contributed by atoms with Gasteiger partial charge in [-0.2, -0.15) is 0 Å². The Morgan fingerprint density at radius 3 is 1.50 bits per heavy atom. The van der Waals surface area contributed by atoms with Crippen LogP contribution < -0.4 is 0 Å². The van der Waals surface area contributed by atoms with Gasteiger partial charge in [-0.25, -0.2) is 19.6 Å². The van der Waals surface area contributed by atoms with E-state index >= 15 is 0 Å². The third-order valence-corrected chi connectivity index (χ3v) is 4.61. The maximum atomic E-state index is 9.34. The predicted octanol–water partition coefficient (Wildman–Crippen LogP) is 6.59. The van der Waals surface area contributed by atoms with Gasteiger partial charge in [0.1, 0.15) is 0 Å². The zero-order chi connectivity index (χ0) is 20.5. The molecule has 1 rings (SSSR count). The summed E-state index contributed by atoms with van der Waals surface area (Å²) in [4.78, 5) is 24.9. The molecule has 0 bridgehead atoms. The number of unbranched alkanes of at least 4 members (excludes halogenated alkanes) is 11. The first-order valence-corrected chi connectivity index (χ1v) is 11.0. The third kappa shape index (κ3) is 20.3. The normalized spacial score (nSPS) is 9.61. The largest absolute Gasteiger partial charge is 0.235 e. The molecule has 0 fully saturated rings. The number of aryl methyl sites for hydroxylation is 1. The Morgan fingerprint density at radius 2 is 1.07 bits per heavy atom. The molecule has 156 valence electrons. The van der Waals surface area contributed by atoms with E-state index in [9.17, 15) is 9.59 Å². The van der Waals surface area contributed by atoms with Crippen molar-refractivity contribution in [1.29, 1.82) is 0 Å². The van der Waals surface area contributed by atoms with E-state index in [0.717, 1.165) is 0 Å². The van der Waals surface area contributed by atoms with Crippen molar-refractivity contribution in [2.75, 3.05) is 13.1 Å². The summed E-state index contributed by atoms with van der Waals surface area (Å²) in [6.07, 6.45) is 21.1. The van der Waals surface area contributed by atoms with Crippen LogP contribution in [0.4, 0.5) is 0 Å². The number of carbonyl (C=O) groups excluding carboxylic acids is 2. The standard InChI is InChI=1S/C20H34.C4H4N2O2/c1-2-3-4-5-6-7-8-9-10-11-12-14-17-20-18-15-13-16-19-20;7-3-5-1-2-6-4-8/h13,15-16,18-19H,2-12,14,17H2,1H3;1-2H2. The highest BCUT2D eigenvalue weighted by Crippen LogP contribution is 2.13. The first kappa shape index (κ1) is 26.0. The molecule has 0 N–H and O–H groups in total. The van der Waals surface area contributed by atoms with E-state index in [-0.39, 0.29) is 13.1 Å². The molecule has 0 spiro atoms. The molecule has 1 aromatic carbocycles.